The van der Waals surface area contributed by atoms with Gasteiger partial charge in [0, 0.05) is 0 Å². The normalized spacial score (nSPS) is 34.4. The van der Waals surface area contributed by atoms with Gasteiger partial charge in [-0.15, -0.1) is 0 Å². The molecule has 1 heterocycles. The Morgan fingerprint density at radius 2 is 1.88 bits per heavy atom. The number of hydrogen-bond acceptors (Lipinski definition) is 2. The Morgan fingerprint density at radius 3 is 2.44 bits per heavy atom. The smallest absolute Gasteiger partial charge is 0.309 e. The van der Waals surface area contributed by atoms with Crippen molar-refractivity contribution in [3.8, 4) is 0 Å². The van der Waals surface area contributed by atoms with Crippen LogP contribution in [0.25, 0.3) is 0 Å². The zero-order chi connectivity index (χ0) is 11.2. The topological polar surface area (TPSA) is 46.5 Å². The van der Waals surface area contributed by atoms with Crippen molar-refractivity contribution in [3.05, 3.63) is 0 Å². The van der Waals surface area contributed by atoms with Crippen LogP contribution < -0.4 is 0 Å². The van der Waals surface area contributed by atoms with E-state index in [4.69, 9.17) is 9.84 Å². The van der Waals surface area contributed by atoms with E-state index in [1.54, 1.807) is 0 Å². The first-order valence-electron chi connectivity index (χ1n) is 6.56. The van der Waals surface area contributed by atoms with Gasteiger partial charge in [0.15, 0.2) is 0 Å². The van der Waals surface area contributed by atoms with Crippen molar-refractivity contribution in [2.75, 3.05) is 0 Å². The van der Waals surface area contributed by atoms with Crippen LogP contribution in [0.2, 0.25) is 0 Å². The van der Waals surface area contributed by atoms with Gasteiger partial charge in [-0.3, -0.25) is 4.79 Å². The number of hydrogen-bond donors (Lipinski definition) is 1. The van der Waals surface area contributed by atoms with E-state index in [1.165, 1.54) is 25.7 Å². The SMILES string of the molecule is O=C(O)C1(CC2CCC3(CCCC3)O2)CC1. The van der Waals surface area contributed by atoms with Gasteiger partial charge in [-0.1, -0.05) is 12.8 Å². The Hall–Kier alpha value is -0.570. The fraction of sp³-hybridized carbons (Fsp3) is 0.923. The second-order valence-corrected chi connectivity index (χ2v) is 5.96. The van der Waals surface area contributed by atoms with E-state index >= 15 is 0 Å². The fourth-order valence-corrected chi connectivity index (χ4v) is 3.52. The maximum atomic E-state index is 11.1. The summed E-state index contributed by atoms with van der Waals surface area (Å²) in [6.07, 6.45) is 9.90. The predicted octanol–water partition coefficient (Wildman–Crippen LogP) is 2.73. The lowest BCUT2D eigenvalue weighted by Gasteiger charge is -2.24. The highest BCUT2D eigenvalue weighted by Crippen LogP contribution is 2.53. The third kappa shape index (κ3) is 1.65. The summed E-state index contributed by atoms with van der Waals surface area (Å²) in [6.45, 7) is 0. The number of carboxylic acids is 1. The van der Waals surface area contributed by atoms with Crippen LogP contribution in [0.4, 0.5) is 0 Å². The molecular formula is C13H20O3. The average Bonchev–Trinajstić information content (AvgIpc) is 2.72. The minimum absolute atomic E-state index is 0.152. The van der Waals surface area contributed by atoms with Gasteiger partial charge in [0.05, 0.1) is 17.1 Å². The lowest BCUT2D eigenvalue weighted by Crippen LogP contribution is -2.27. The molecule has 1 aliphatic heterocycles. The molecule has 3 nitrogen and oxygen atoms in total. The molecule has 2 aliphatic carbocycles. The van der Waals surface area contributed by atoms with Crippen molar-refractivity contribution in [1.29, 1.82) is 0 Å². The molecule has 3 fully saturated rings. The standard InChI is InChI=1S/C13H20O3/c14-11(15)12(7-8-12)9-10-3-6-13(16-10)4-1-2-5-13/h10H,1-9H2,(H,14,15). The quantitative estimate of drug-likeness (QED) is 0.801. The van der Waals surface area contributed by atoms with Gasteiger partial charge in [-0.2, -0.15) is 0 Å². The Morgan fingerprint density at radius 1 is 1.19 bits per heavy atom. The van der Waals surface area contributed by atoms with E-state index in [9.17, 15) is 4.79 Å². The lowest BCUT2D eigenvalue weighted by molar-refractivity contribution is -0.145. The molecule has 0 radical (unpaired) electrons. The first kappa shape index (κ1) is 10.6. The minimum atomic E-state index is -0.608. The van der Waals surface area contributed by atoms with Crippen molar-refractivity contribution in [2.24, 2.45) is 5.41 Å². The highest BCUT2D eigenvalue weighted by Gasteiger charge is 2.53. The summed E-state index contributed by atoms with van der Waals surface area (Å²) in [4.78, 5) is 11.1. The van der Waals surface area contributed by atoms with Crippen molar-refractivity contribution < 1.29 is 14.6 Å². The van der Waals surface area contributed by atoms with Gasteiger partial charge in [0.2, 0.25) is 0 Å². The van der Waals surface area contributed by atoms with Gasteiger partial charge in [0.1, 0.15) is 0 Å². The Bertz CT molecular complexity index is 300. The molecule has 3 rings (SSSR count). The molecule has 3 heteroatoms. The van der Waals surface area contributed by atoms with Gasteiger partial charge >= 0.3 is 5.97 Å². The molecule has 0 aromatic heterocycles. The molecule has 1 saturated heterocycles. The monoisotopic (exact) mass is 224 g/mol. The summed E-state index contributed by atoms with van der Waals surface area (Å²) in [5.41, 5.74) is -0.256. The highest BCUT2D eigenvalue weighted by molar-refractivity contribution is 5.77. The zero-order valence-electron chi connectivity index (χ0n) is 9.71. The number of carbonyl (C=O) groups is 1. The molecule has 2 saturated carbocycles. The second-order valence-electron chi connectivity index (χ2n) is 5.96. The summed E-state index contributed by atoms with van der Waals surface area (Å²) < 4.78 is 6.17. The van der Waals surface area contributed by atoms with Gasteiger partial charge in [0.25, 0.3) is 0 Å². The van der Waals surface area contributed by atoms with E-state index in [0.29, 0.717) is 0 Å². The van der Waals surface area contributed by atoms with Crippen molar-refractivity contribution >= 4 is 5.97 Å². The summed E-state index contributed by atoms with van der Waals surface area (Å²) >= 11 is 0. The molecule has 3 aliphatic rings. The molecule has 0 amide bonds. The average molecular weight is 224 g/mol. The third-order valence-corrected chi connectivity index (χ3v) is 4.78. The maximum Gasteiger partial charge on any atom is 0.309 e. The van der Waals surface area contributed by atoms with E-state index in [0.717, 1.165) is 32.1 Å². The summed E-state index contributed by atoms with van der Waals surface area (Å²) in [6, 6.07) is 0. The molecule has 16 heavy (non-hydrogen) atoms. The molecule has 0 bridgehead atoms. The lowest BCUT2D eigenvalue weighted by atomic mass is 9.95. The van der Waals surface area contributed by atoms with Crippen LogP contribution >= 0.6 is 0 Å². The van der Waals surface area contributed by atoms with Crippen LogP contribution in [0.3, 0.4) is 0 Å². The van der Waals surface area contributed by atoms with Crippen LogP contribution in [0.1, 0.15) is 57.8 Å². The van der Waals surface area contributed by atoms with Gasteiger partial charge in [-0.05, 0) is 44.9 Å². The van der Waals surface area contributed by atoms with Crippen LogP contribution in [0.15, 0.2) is 0 Å². The largest absolute Gasteiger partial charge is 0.481 e. The molecule has 1 unspecified atom stereocenters. The Kier molecular flexibility index (Phi) is 2.29. The Balaban J connectivity index is 1.60. The second kappa shape index (κ2) is 3.46. The van der Waals surface area contributed by atoms with E-state index in [-0.39, 0.29) is 11.7 Å². The summed E-state index contributed by atoms with van der Waals surface area (Å²) in [5, 5.41) is 9.17. The number of carboxylic acid groups (broad SMARTS) is 1. The molecule has 0 aromatic rings. The fourth-order valence-electron chi connectivity index (χ4n) is 3.52. The van der Waals surface area contributed by atoms with Crippen LogP contribution in [-0.4, -0.2) is 22.8 Å². The minimum Gasteiger partial charge on any atom is -0.481 e. The first-order chi connectivity index (χ1) is 7.64. The predicted molar refractivity (Wildman–Crippen MR) is 59.2 cm³/mol. The summed E-state index contributed by atoms with van der Waals surface area (Å²) in [5.74, 6) is -0.608. The van der Waals surface area contributed by atoms with Crippen molar-refractivity contribution in [2.45, 2.75) is 69.5 Å². The van der Waals surface area contributed by atoms with E-state index in [2.05, 4.69) is 0 Å². The van der Waals surface area contributed by atoms with Gasteiger partial charge in [-0.25, -0.2) is 0 Å². The van der Waals surface area contributed by atoms with Crippen LogP contribution in [-0.2, 0) is 9.53 Å². The third-order valence-electron chi connectivity index (χ3n) is 4.78. The van der Waals surface area contributed by atoms with Crippen molar-refractivity contribution in [1.82, 2.24) is 0 Å². The molecule has 1 atom stereocenters. The number of ether oxygens (including phenoxy) is 1. The van der Waals surface area contributed by atoms with Crippen LogP contribution in [0.5, 0.6) is 0 Å². The maximum absolute atomic E-state index is 11.1. The van der Waals surface area contributed by atoms with Crippen LogP contribution in [0, 0.1) is 5.41 Å². The number of rotatable bonds is 3. The molecule has 0 aromatic carbocycles. The molecular weight excluding hydrogens is 204 g/mol. The van der Waals surface area contributed by atoms with Gasteiger partial charge < -0.3 is 9.84 Å². The van der Waals surface area contributed by atoms with E-state index in [1.807, 2.05) is 0 Å². The Labute approximate surface area is 96.2 Å². The summed E-state index contributed by atoms with van der Waals surface area (Å²) in [7, 11) is 0. The first-order valence-corrected chi connectivity index (χ1v) is 6.56. The zero-order valence-corrected chi connectivity index (χ0v) is 9.71. The molecule has 1 N–H and O–H groups in total. The number of aliphatic carboxylic acids is 1. The van der Waals surface area contributed by atoms with E-state index < -0.39 is 11.4 Å². The highest BCUT2D eigenvalue weighted by atomic mass is 16.5. The van der Waals surface area contributed by atoms with Crippen molar-refractivity contribution in [3.63, 3.8) is 0 Å². The molecule has 1 spiro atoms. The molecule has 90 valence electrons.